The van der Waals surface area contributed by atoms with E-state index >= 15 is 0 Å². The van der Waals surface area contributed by atoms with E-state index in [1.807, 2.05) is 44.1 Å². The van der Waals surface area contributed by atoms with Crippen LogP contribution in [0.1, 0.15) is 18.0 Å². The number of hydrogen-bond acceptors (Lipinski definition) is 5. The third-order valence-corrected chi connectivity index (χ3v) is 5.16. The zero-order chi connectivity index (χ0) is 16.7. The summed E-state index contributed by atoms with van der Waals surface area (Å²) >= 11 is 1.91. The van der Waals surface area contributed by atoms with Crippen molar-refractivity contribution < 1.29 is 9.53 Å². The SMILES string of the molecule is COc1cccc(C(CNC(=O)CC2CSCCN2)N(C)C)c1.Cl.Cl. The first-order valence-electron chi connectivity index (χ1n) is 7.98. The number of likely N-dealkylation sites (N-methyl/N-ethyl adjacent to an activating group) is 1. The van der Waals surface area contributed by atoms with Crippen molar-refractivity contribution in [2.75, 3.05) is 45.8 Å². The summed E-state index contributed by atoms with van der Waals surface area (Å²) in [6.45, 7) is 1.59. The number of halogens is 2. The number of nitrogens with one attached hydrogen (secondary N) is 2. The van der Waals surface area contributed by atoms with Crippen molar-refractivity contribution in [3.05, 3.63) is 29.8 Å². The molecule has 1 aliphatic heterocycles. The number of carbonyl (C=O) groups excluding carboxylic acids is 1. The van der Waals surface area contributed by atoms with Gasteiger partial charge < -0.3 is 20.3 Å². The molecule has 0 radical (unpaired) electrons. The molecule has 2 unspecified atom stereocenters. The number of hydrogen-bond donors (Lipinski definition) is 2. The number of thioether (sulfide) groups is 1. The molecule has 1 fully saturated rings. The maximum atomic E-state index is 12.2. The van der Waals surface area contributed by atoms with Crippen LogP contribution in [-0.2, 0) is 4.79 Å². The first-order chi connectivity index (χ1) is 11.1. The average molecular weight is 410 g/mol. The highest BCUT2D eigenvalue weighted by Crippen LogP contribution is 2.22. The van der Waals surface area contributed by atoms with Gasteiger partial charge in [0.05, 0.1) is 13.2 Å². The molecule has 0 saturated carbocycles. The van der Waals surface area contributed by atoms with E-state index in [0.29, 0.717) is 19.0 Å². The van der Waals surface area contributed by atoms with Crippen LogP contribution in [0.2, 0.25) is 0 Å². The Labute approximate surface area is 167 Å². The monoisotopic (exact) mass is 409 g/mol. The van der Waals surface area contributed by atoms with Gasteiger partial charge in [-0.15, -0.1) is 24.8 Å². The third-order valence-electron chi connectivity index (χ3n) is 4.02. The summed E-state index contributed by atoms with van der Waals surface area (Å²) in [4.78, 5) is 14.3. The van der Waals surface area contributed by atoms with Gasteiger partial charge in [-0.3, -0.25) is 4.79 Å². The second-order valence-electron chi connectivity index (χ2n) is 5.99. The number of ether oxygens (including phenoxy) is 1. The molecular weight excluding hydrogens is 381 g/mol. The van der Waals surface area contributed by atoms with Crippen LogP contribution in [0.25, 0.3) is 0 Å². The number of methoxy groups -OCH3 is 1. The zero-order valence-corrected chi connectivity index (χ0v) is 17.4. The van der Waals surface area contributed by atoms with Crippen LogP contribution < -0.4 is 15.4 Å². The van der Waals surface area contributed by atoms with Gasteiger partial charge in [0, 0.05) is 37.1 Å². The van der Waals surface area contributed by atoms with E-state index in [-0.39, 0.29) is 36.8 Å². The van der Waals surface area contributed by atoms with Crippen LogP contribution in [0.4, 0.5) is 0 Å². The minimum absolute atomic E-state index is 0. The van der Waals surface area contributed by atoms with Crippen molar-refractivity contribution in [3.63, 3.8) is 0 Å². The molecule has 2 rings (SSSR count). The fourth-order valence-electron chi connectivity index (χ4n) is 2.70. The summed E-state index contributed by atoms with van der Waals surface area (Å²) in [5, 5.41) is 6.48. The average Bonchev–Trinajstić information content (AvgIpc) is 2.56. The standard InChI is InChI=1S/C17H27N3O2S.2ClH/c1-20(2)16(13-5-4-6-15(9-13)22-3)11-19-17(21)10-14-12-23-8-7-18-14;;/h4-6,9,14,16,18H,7-8,10-12H2,1-3H3,(H,19,21);2*1H. The summed E-state index contributed by atoms with van der Waals surface area (Å²) < 4.78 is 5.29. The lowest BCUT2D eigenvalue weighted by molar-refractivity contribution is -0.121. The van der Waals surface area contributed by atoms with Crippen LogP contribution in [0, 0.1) is 0 Å². The maximum Gasteiger partial charge on any atom is 0.221 e. The van der Waals surface area contributed by atoms with Gasteiger partial charge in [-0.2, -0.15) is 11.8 Å². The van der Waals surface area contributed by atoms with E-state index in [1.165, 1.54) is 0 Å². The Hall–Kier alpha value is -0.660. The molecule has 0 bridgehead atoms. The van der Waals surface area contributed by atoms with E-state index in [0.717, 1.165) is 29.4 Å². The maximum absolute atomic E-state index is 12.2. The second-order valence-corrected chi connectivity index (χ2v) is 7.14. The molecule has 1 saturated heterocycles. The minimum atomic E-state index is 0. The van der Waals surface area contributed by atoms with Gasteiger partial charge >= 0.3 is 0 Å². The molecule has 1 aliphatic rings. The van der Waals surface area contributed by atoms with Gasteiger partial charge in [-0.1, -0.05) is 12.1 Å². The Morgan fingerprint density at radius 1 is 1.44 bits per heavy atom. The van der Waals surface area contributed by atoms with E-state index in [2.05, 4.69) is 21.6 Å². The van der Waals surface area contributed by atoms with Crippen molar-refractivity contribution in [2.45, 2.75) is 18.5 Å². The normalized spacial score (nSPS) is 17.8. The zero-order valence-electron chi connectivity index (χ0n) is 15.0. The molecule has 0 aliphatic carbocycles. The summed E-state index contributed by atoms with van der Waals surface area (Å²) in [7, 11) is 5.71. The Morgan fingerprint density at radius 2 is 2.20 bits per heavy atom. The predicted molar refractivity (Wildman–Crippen MR) is 111 cm³/mol. The van der Waals surface area contributed by atoms with E-state index in [4.69, 9.17) is 4.74 Å². The summed E-state index contributed by atoms with van der Waals surface area (Å²) in [6.07, 6.45) is 0.547. The minimum Gasteiger partial charge on any atom is -0.497 e. The van der Waals surface area contributed by atoms with Gasteiger partial charge in [0.1, 0.15) is 5.75 Å². The predicted octanol–water partition coefficient (Wildman–Crippen LogP) is 2.35. The molecule has 0 spiro atoms. The van der Waals surface area contributed by atoms with E-state index in [1.54, 1.807) is 7.11 Å². The number of amides is 1. The van der Waals surface area contributed by atoms with Crippen molar-refractivity contribution in [1.82, 2.24) is 15.5 Å². The molecule has 5 nitrogen and oxygen atoms in total. The Bertz CT molecular complexity index is 514. The molecule has 2 atom stereocenters. The number of nitrogens with zero attached hydrogens (tertiary/aromatic N) is 1. The van der Waals surface area contributed by atoms with Gasteiger partial charge in [0.2, 0.25) is 5.91 Å². The molecule has 25 heavy (non-hydrogen) atoms. The Kier molecular flexibility index (Phi) is 12.3. The number of carbonyl (C=O) groups is 1. The quantitative estimate of drug-likeness (QED) is 0.723. The highest BCUT2D eigenvalue weighted by molar-refractivity contribution is 7.99. The second kappa shape index (κ2) is 12.7. The lowest BCUT2D eigenvalue weighted by Gasteiger charge is -2.26. The van der Waals surface area contributed by atoms with Gasteiger partial charge in [-0.05, 0) is 31.8 Å². The number of rotatable bonds is 7. The molecule has 144 valence electrons. The summed E-state index contributed by atoms with van der Waals surface area (Å²) in [5.74, 6) is 3.10. The molecule has 1 heterocycles. The van der Waals surface area contributed by atoms with Crippen molar-refractivity contribution in [1.29, 1.82) is 0 Å². The molecular formula is C17H29Cl2N3O2S. The Morgan fingerprint density at radius 3 is 2.80 bits per heavy atom. The van der Waals surface area contributed by atoms with E-state index < -0.39 is 0 Å². The summed E-state index contributed by atoms with van der Waals surface area (Å²) in [6, 6.07) is 8.43. The molecule has 2 N–H and O–H groups in total. The highest BCUT2D eigenvalue weighted by atomic mass is 35.5. The lowest BCUT2D eigenvalue weighted by Crippen LogP contribution is -2.42. The molecule has 0 aromatic heterocycles. The van der Waals surface area contributed by atoms with Crippen molar-refractivity contribution in [2.24, 2.45) is 0 Å². The fourth-order valence-corrected chi connectivity index (χ4v) is 3.65. The van der Waals surface area contributed by atoms with Crippen LogP contribution in [-0.4, -0.2) is 62.6 Å². The Balaban J connectivity index is 0.00000288. The summed E-state index contributed by atoms with van der Waals surface area (Å²) in [5.41, 5.74) is 1.14. The molecule has 1 aromatic carbocycles. The molecule has 8 heteroatoms. The largest absolute Gasteiger partial charge is 0.497 e. The van der Waals surface area contributed by atoms with Gasteiger partial charge in [0.15, 0.2) is 0 Å². The van der Waals surface area contributed by atoms with Crippen LogP contribution >= 0.6 is 36.6 Å². The van der Waals surface area contributed by atoms with Crippen molar-refractivity contribution in [3.8, 4) is 5.75 Å². The highest BCUT2D eigenvalue weighted by Gasteiger charge is 2.19. The van der Waals surface area contributed by atoms with Crippen LogP contribution in [0.3, 0.4) is 0 Å². The molecule has 1 amide bonds. The van der Waals surface area contributed by atoms with E-state index in [9.17, 15) is 4.79 Å². The van der Waals surface area contributed by atoms with Gasteiger partial charge in [0.25, 0.3) is 0 Å². The smallest absolute Gasteiger partial charge is 0.221 e. The van der Waals surface area contributed by atoms with Crippen LogP contribution in [0.15, 0.2) is 24.3 Å². The van der Waals surface area contributed by atoms with Crippen molar-refractivity contribution >= 4 is 42.5 Å². The first kappa shape index (κ1) is 24.3. The number of benzene rings is 1. The first-order valence-corrected chi connectivity index (χ1v) is 9.14. The molecule has 1 aromatic rings. The fraction of sp³-hybridized carbons (Fsp3) is 0.588. The third kappa shape index (κ3) is 8.05. The van der Waals surface area contributed by atoms with Gasteiger partial charge in [-0.25, -0.2) is 0 Å². The van der Waals surface area contributed by atoms with Crippen LogP contribution in [0.5, 0.6) is 5.75 Å². The lowest BCUT2D eigenvalue weighted by atomic mass is 10.1. The topological polar surface area (TPSA) is 53.6 Å².